The molecule has 3 nitrogen and oxygen atoms in total. The average Bonchev–Trinajstić information content (AvgIpc) is 2.34. The number of hydrogen-bond donors (Lipinski definition) is 1. The van der Waals surface area contributed by atoms with Gasteiger partial charge in [-0.1, -0.05) is 6.07 Å². The number of rotatable bonds is 4. The van der Waals surface area contributed by atoms with Crippen LogP contribution in [0.4, 0.5) is 8.78 Å². The summed E-state index contributed by atoms with van der Waals surface area (Å²) in [5.74, 6) is -1.55. The first-order chi connectivity index (χ1) is 8.48. The molecule has 0 spiro atoms. The number of benzene rings is 1. The van der Waals surface area contributed by atoms with E-state index in [0.29, 0.717) is 17.1 Å². The molecule has 2 rings (SSSR count). The molecule has 1 aliphatic rings. The van der Waals surface area contributed by atoms with E-state index in [1.807, 2.05) is 0 Å². The monoisotopic (exact) mass is 257 g/mol. The van der Waals surface area contributed by atoms with E-state index in [1.165, 1.54) is 14.2 Å². The summed E-state index contributed by atoms with van der Waals surface area (Å²) in [6.45, 7) is 0.152. The van der Waals surface area contributed by atoms with Crippen molar-refractivity contribution < 1.29 is 18.3 Å². The van der Waals surface area contributed by atoms with Gasteiger partial charge in [-0.25, -0.2) is 8.78 Å². The molecule has 0 atom stereocenters. The predicted octanol–water partition coefficient (Wildman–Crippen LogP) is 2.33. The summed E-state index contributed by atoms with van der Waals surface area (Å²) in [5, 5.41) is 0. The van der Waals surface area contributed by atoms with Gasteiger partial charge in [-0.2, -0.15) is 0 Å². The highest BCUT2D eigenvalue weighted by Gasteiger charge is 2.58. The second kappa shape index (κ2) is 4.39. The normalized spacial score (nSPS) is 20.1. The van der Waals surface area contributed by atoms with Crippen molar-refractivity contribution in [1.29, 1.82) is 0 Å². The molecule has 2 N–H and O–H groups in total. The molecule has 0 aliphatic heterocycles. The lowest BCUT2D eigenvalue weighted by molar-refractivity contribution is -0.124. The minimum atomic E-state index is -2.65. The first kappa shape index (κ1) is 13.1. The van der Waals surface area contributed by atoms with Gasteiger partial charge in [0, 0.05) is 30.4 Å². The van der Waals surface area contributed by atoms with Crippen LogP contribution in [0, 0.1) is 0 Å². The zero-order chi connectivity index (χ0) is 13.4. The number of nitrogens with two attached hydrogens (primary N) is 1. The van der Waals surface area contributed by atoms with Gasteiger partial charge in [0.15, 0.2) is 0 Å². The summed E-state index contributed by atoms with van der Waals surface area (Å²) in [7, 11) is 3.03. The highest BCUT2D eigenvalue weighted by molar-refractivity contribution is 5.52. The second-order valence-electron chi connectivity index (χ2n) is 4.73. The van der Waals surface area contributed by atoms with Crippen molar-refractivity contribution in [3.63, 3.8) is 0 Å². The predicted molar refractivity (Wildman–Crippen MR) is 64.5 cm³/mol. The number of ether oxygens (including phenoxy) is 2. The van der Waals surface area contributed by atoms with E-state index in [2.05, 4.69) is 0 Å². The maximum atomic E-state index is 13.2. The van der Waals surface area contributed by atoms with E-state index in [1.54, 1.807) is 18.2 Å². The topological polar surface area (TPSA) is 44.5 Å². The fourth-order valence-electron chi connectivity index (χ4n) is 2.74. The quantitative estimate of drug-likeness (QED) is 0.900. The van der Waals surface area contributed by atoms with Gasteiger partial charge in [0.05, 0.1) is 14.2 Å². The van der Waals surface area contributed by atoms with Crippen LogP contribution in [-0.2, 0) is 5.41 Å². The summed E-state index contributed by atoms with van der Waals surface area (Å²) in [5.41, 5.74) is 5.63. The molecule has 0 heterocycles. The molecule has 18 heavy (non-hydrogen) atoms. The zero-order valence-corrected chi connectivity index (χ0v) is 10.5. The summed E-state index contributed by atoms with van der Waals surface area (Å²) in [4.78, 5) is 0. The molecule has 100 valence electrons. The van der Waals surface area contributed by atoms with Crippen LogP contribution in [0.2, 0.25) is 0 Å². The third-order valence-electron chi connectivity index (χ3n) is 3.54. The van der Waals surface area contributed by atoms with E-state index in [0.717, 1.165) is 0 Å². The van der Waals surface area contributed by atoms with Crippen molar-refractivity contribution in [2.75, 3.05) is 20.8 Å². The Bertz CT molecular complexity index is 418. The Kier molecular flexibility index (Phi) is 3.19. The van der Waals surface area contributed by atoms with Crippen molar-refractivity contribution in [2.24, 2.45) is 5.73 Å². The molecular formula is C13H17F2NO2. The summed E-state index contributed by atoms with van der Waals surface area (Å²) in [6.07, 6.45) is -0.513. The summed E-state index contributed by atoms with van der Waals surface area (Å²) >= 11 is 0. The number of halogens is 2. The van der Waals surface area contributed by atoms with Gasteiger partial charge < -0.3 is 15.2 Å². The summed E-state index contributed by atoms with van der Waals surface area (Å²) < 4.78 is 37.0. The van der Waals surface area contributed by atoms with Crippen LogP contribution in [0.25, 0.3) is 0 Å². The van der Waals surface area contributed by atoms with E-state index < -0.39 is 11.3 Å². The van der Waals surface area contributed by atoms with E-state index in [9.17, 15) is 8.78 Å². The van der Waals surface area contributed by atoms with Crippen LogP contribution in [0.1, 0.15) is 18.4 Å². The van der Waals surface area contributed by atoms with Gasteiger partial charge in [0.2, 0.25) is 5.92 Å². The van der Waals surface area contributed by atoms with Crippen molar-refractivity contribution in [2.45, 2.75) is 24.2 Å². The number of methoxy groups -OCH3 is 2. The van der Waals surface area contributed by atoms with E-state index in [-0.39, 0.29) is 19.4 Å². The smallest absolute Gasteiger partial charge is 0.250 e. The average molecular weight is 257 g/mol. The van der Waals surface area contributed by atoms with Gasteiger partial charge in [-0.15, -0.1) is 0 Å². The SMILES string of the molecule is COc1cccc(OC)c1C1(CN)CC(F)(F)C1. The fourth-order valence-corrected chi connectivity index (χ4v) is 2.74. The Morgan fingerprint density at radius 2 is 1.67 bits per heavy atom. The largest absolute Gasteiger partial charge is 0.496 e. The van der Waals surface area contributed by atoms with Crippen LogP contribution in [-0.4, -0.2) is 26.7 Å². The van der Waals surface area contributed by atoms with Crippen molar-refractivity contribution in [3.05, 3.63) is 23.8 Å². The second-order valence-corrected chi connectivity index (χ2v) is 4.73. The molecule has 1 saturated carbocycles. The summed E-state index contributed by atoms with van der Waals surface area (Å²) in [6, 6.07) is 5.25. The molecule has 1 fully saturated rings. The lowest BCUT2D eigenvalue weighted by Gasteiger charge is -2.47. The molecule has 0 unspecified atom stereocenters. The van der Waals surface area contributed by atoms with Crippen LogP contribution < -0.4 is 15.2 Å². The standard InChI is InChI=1S/C13H17F2NO2/c1-17-9-4-3-5-10(18-2)11(9)12(8-16)6-13(14,15)7-12/h3-5H,6-8,16H2,1-2H3. The minimum Gasteiger partial charge on any atom is -0.496 e. The van der Waals surface area contributed by atoms with Gasteiger partial charge >= 0.3 is 0 Å². The molecule has 1 aromatic rings. The van der Waals surface area contributed by atoms with Gasteiger partial charge in [-0.3, -0.25) is 0 Å². The van der Waals surface area contributed by atoms with Crippen molar-refractivity contribution >= 4 is 0 Å². The maximum Gasteiger partial charge on any atom is 0.250 e. The molecule has 0 aromatic heterocycles. The molecule has 1 aliphatic carbocycles. The van der Waals surface area contributed by atoms with Crippen molar-refractivity contribution in [3.8, 4) is 11.5 Å². The van der Waals surface area contributed by atoms with Crippen LogP contribution >= 0.6 is 0 Å². The van der Waals surface area contributed by atoms with Crippen LogP contribution in [0.3, 0.4) is 0 Å². The van der Waals surface area contributed by atoms with Gasteiger partial charge in [0.25, 0.3) is 0 Å². The molecule has 0 amide bonds. The van der Waals surface area contributed by atoms with Crippen LogP contribution in [0.5, 0.6) is 11.5 Å². The minimum absolute atomic E-state index is 0.152. The highest BCUT2D eigenvalue weighted by Crippen LogP contribution is 2.56. The zero-order valence-electron chi connectivity index (χ0n) is 10.5. The Morgan fingerprint density at radius 3 is 2.00 bits per heavy atom. The maximum absolute atomic E-state index is 13.2. The lowest BCUT2D eigenvalue weighted by Crippen LogP contribution is -2.54. The Hall–Kier alpha value is -1.36. The highest BCUT2D eigenvalue weighted by atomic mass is 19.3. The molecule has 0 radical (unpaired) electrons. The lowest BCUT2D eigenvalue weighted by atomic mass is 9.61. The Morgan fingerprint density at radius 1 is 1.17 bits per heavy atom. The Balaban J connectivity index is 2.49. The third kappa shape index (κ3) is 1.92. The number of hydrogen-bond acceptors (Lipinski definition) is 3. The molecular weight excluding hydrogens is 240 g/mol. The molecule has 0 bridgehead atoms. The van der Waals surface area contributed by atoms with Crippen molar-refractivity contribution in [1.82, 2.24) is 0 Å². The van der Waals surface area contributed by atoms with E-state index >= 15 is 0 Å². The Labute approximate surface area is 105 Å². The van der Waals surface area contributed by atoms with Gasteiger partial charge in [-0.05, 0) is 12.1 Å². The number of alkyl halides is 2. The fraction of sp³-hybridized carbons (Fsp3) is 0.538. The van der Waals surface area contributed by atoms with E-state index in [4.69, 9.17) is 15.2 Å². The van der Waals surface area contributed by atoms with Gasteiger partial charge in [0.1, 0.15) is 11.5 Å². The molecule has 0 saturated heterocycles. The molecule has 1 aromatic carbocycles. The first-order valence-electron chi connectivity index (χ1n) is 5.77. The molecule has 5 heteroatoms. The van der Waals surface area contributed by atoms with Crippen LogP contribution in [0.15, 0.2) is 18.2 Å². The third-order valence-corrected chi connectivity index (χ3v) is 3.54. The first-order valence-corrected chi connectivity index (χ1v) is 5.77.